The van der Waals surface area contributed by atoms with Crippen molar-refractivity contribution >= 4 is 17.3 Å². The van der Waals surface area contributed by atoms with Crippen molar-refractivity contribution < 1.29 is 0 Å². The Labute approximate surface area is 112 Å². The lowest BCUT2D eigenvalue weighted by atomic mass is 10.1. The van der Waals surface area contributed by atoms with Gasteiger partial charge < -0.3 is 5.32 Å². The molecule has 0 unspecified atom stereocenters. The first-order valence-electron chi connectivity index (χ1n) is 6.18. The molecule has 92 valence electrons. The van der Waals surface area contributed by atoms with Crippen LogP contribution in [0.25, 0.3) is 0 Å². The maximum atomic E-state index is 6.11. The molecule has 1 heterocycles. The summed E-state index contributed by atoms with van der Waals surface area (Å²) < 4.78 is 0. The Morgan fingerprint density at radius 3 is 2.56 bits per heavy atom. The summed E-state index contributed by atoms with van der Waals surface area (Å²) in [5.74, 6) is 0. The van der Waals surface area contributed by atoms with Gasteiger partial charge in [-0.2, -0.15) is 0 Å². The van der Waals surface area contributed by atoms with Gasteiger partial charge in [0.25, 0.3) is 0 Å². The minimum Gasteiger partial charge on any atom is -0.379 e. The molecule has 18 heavy (non-hydrogen) atoms. The number of fused-ring (bicyclic) bond motifs is 1. The van der Waals surface area contributed by atoms with Gasteiger partial charge in [0.05, 0.1) is 5.69 Å². The molecule has 0 spiro atoms. The van der Waals surface area contributed by atoms with Crippen LogP contribution in [0.1, 0.15) is 16.7 Å². The van der Waals surface area contributed by atoms with E-state index in [9.17, 15) is 0 Å². The van der Waals surface area contributed by atoms with E-state index in [1.54, 1.807) is 6.20 Å². The maximum Gasteiger partial charge on any atom is 0.152 e. The summed E-state index contributed by atoms with van der Waals surface area (Å²) in [6, 6.07) is 11.1. The molecule has 0 amide bonds. The first kappa shape index (κ1) is 11.5. The second-order valence-electron chi connectivity index (χ2n) is 4.87. The highest BCUT2D eigenvalue weighted by Crippen LogP contribution is 2.27. The van der Waals surface area contributed by atoms with Crippen LogP contribution in [0.5, 0.6) is 0 Å². The standard InChI is InChI=1S/C15H15ClN2/c1-10-6-14(15(16)17-9-10)18-13-7-11-4-2-3-5-12(11)8-13/h2-6,9,13,18H,7-8H2,1H3. The molecule has 0 fully saturated rings. The first-order valence-corrected chi connectivity index (χ1v) is 6.55. The molecule has 0 saturated carbocycles. The number of benzene rings is 1. The highest BCUT2D eigenvalue weighted by molar-refractivity contribution is 6.32. The average Bonchev–Trinajstić information content (AvgIpc) is 2.76. The largest absolute Gasteiger partial charge is 0.379 e. The zero-order valence-electron chi connectivity index (χ0n) is 10.3. The lowest BCUT2D eigenvalue weighted by Crippen LogP contribution is -2.19. The van der Waals surface area contributed by atoms with Gasteiger partial charge in [-0.1, -0.05) is 35.9 Å². The van der Waals surface area contributed by atoms with Crippen molar-refractivity contribution in [3.63, 3.8) is 0 Å². The number of hydrogen-bond acceptors (Lipinski definition) is 2. The van der Waals surface area contributed by atoms with Crippen molar-refractivity contribution in [2.45, 2.75) is 25.8 Å². The fourth-order valence-corrected chi connectivity index (χ4v) is 2.69. The molecule has 0 bridgehead atoms. The molecule has 2 aromatic rings. The lowest BCUT2D eigenvalue weighted by molar-refractivity contribution is 0.773. The number of rotatable bonds is 2. The Bertz CT molecular complexity index is 555. The van der Waals surface area contributed by atoms with Gasteiger partial charge in [-0.15, -0.1) is 0 Å². The molecular weight excluding hydrogens is 244 g/mol. The van der Waals surface area contributed by atoms with Crippen LogP contribution in [0.15, 0.2) is 36.5 Å². The normalized spacial score (nSPS) is 14.6. The number of nitrogens with zero attached hydrogens (tertiary/aromatic N) is 1. The van der Waals surface area contributed by atoms with E-state index in [-0.39, 0.29) is 0 Å². The minimum absolute atomic E-state index is 0.420. The van der Waals surface area contributed by atoms with Crippen LogP contribution < -0.4 is 5.32 Å². The third-order valence-corrected chi connectivity index (χ3v) is 3.69. The summed E-state index contributed by atoms with van der Waals surface area (Å²) >= 11 is 6.11. The van der Waals surface area contributed by atoms with Crippen molar-refractivity contribution in [2.75, 3.05) is 5.32 Å². The Morgan fingerprint density at radius 2 is 1.89 bits per heavy atom. The lowest BCUT2D eigenvalue weighted by Gasteiger charge is -2.14. The Balaban J connectivity index is 1.78. The molecule has 1 aromatic heterocycles. The second-order valence-corrected chi connectivity index (χ2v) is 5.23. The van der Waals surface area contributed by atoms with Gasteiger partial charge in [0.2, 0.25) is 0 Å². The summed E-state index contributed by atoms with van der Waals surface area (Å²) in [7, 11) is 0. The average molecular weight is 259 g/mol. The van der Waals surface area contributed by atoms with Gasteiger partial charge in [-0.25, -0.2) is 4.98 Å². The van der Waals surface area contributed by atoms with Crippen molar-refractivity contribution in [1.29, 1.82) is 0 Å². The van der Waals surface area contributed by atoms with Gasteiger partial charge in [0, 0.05) is 12.2 Å². The molecule has 1 aliphatic carbocycles. The molecule has 1 N–H and O–H groups in total. The molecule has 1 aromatic carbocycles. The van der Waals surface area contributed by atoms with Crippen LogP contribution in [0, 0.1) is 6.92 Å². The maximum absolute atomic E-state index is 6.11. The third-order valence-electron chi connectivity index (χ3n) is 3.39. The van der Waals surface area contributed by atoms with Crippen LogP contribution in [0.4, 0.5) is 5.69 Å². The molecule has 0 saturated heterocycles. The van der Waals surface area contributed by atoms with Gasteiger partial charge in [-0.3, -0.25) is 0 Å². The zero-order valence-corrected chi connectivity index (χ0v) is 11.0. The highest BCUT2D eigenvalue weighted by atomic mass is 35.5. The monoisotopic (exact) mass is 258 g/mol. The predicted molar refractivity (Wildman–Crippen MR) is 75.2 cm³/mol. The summed E-state index contributed by atoms with van der Waals surface area (Å²) in [5.41, 5.74) is 4.94. The molecular formula is C15H15ClN2. The van der Waals surface area contributed by atoms with E-state index in [2.05, 4.69) is 40.6 Å². The summed E-state index contributed by atoms with van der Waals surface area (Å²) in [6.45, 7) is 2.03. The van der Waals surface area contributed by atoms with E-state index in [1.807, 2.05) is 6.92 Å². The zero-order chi connectivity index (χ0) is 12.5. The van der Waals surface area contributed by atoms with Crippen LogP contribution >= 0.6 is 11.6 Å². The molecule has 0 radical (unpaired) electrons. The number of pyridine rings is 1. The highest BCUT2D eigenvalue weighted by Gasteiger charge is 2.21. The molecule has 0 atom stereocenters. The van der Waals surface area contributed by atoms with Crippen LogP contribution in [-0.2, 0) is 12.8 Å². The Hall–Kier alpha value is -1.54. The predicted octanol–water partition coefficient (Wildman–Crippen LogP) is 3.62. The first-order chi connectivity index (χ1) is 8.72. The summed E-state index contributed by atoms with van der Waals surface area (Å²) in [6.07, 6.45) is 3.90. The van der Waals surface area contributed by atoms with Gasteiger partial charge in [0.15, 0.2) is 5.15 Å². The Kier molecular flexibility index (Phi) is 2.96. The van der Waals surface area contributed by atoms with Crippen LogP contribution in [0.2, 0.25) is 5.15 Å². The van der Waals surface area contributed by atoms with E-state index < -0.39 is 0 Å². The molecule has 2 nitrogen and oxygen atoms in total. The number of hydrogen-bond donors (Lipinski definition) is 1. The fraction of sp³-hybridized carbons (Fsp3) is 0.267. The molecule has 0 aliphatic heterocycles. The van der Waals surface area contributed by atoms with Gasteiger partial charge >= 0.3 is 0 Å². The minimum atomic E-state index is 0.420. The number of halogens is 1. The summed E-state index contributed by atoms with van der Waals surface area (Å²) in [4.78, 5) is 4.17. The quantitative estimate of drug-likeness (QED) is 0.833. The van der Waals surface area contributed by atoms with Crippen molar-refractivity contribution in [3.8, 4) is 0 Å². The second kappa shape index (κ2) is 4.62. The van der Waals surface area contributed by atoms with Crippen molar-refractivity contribution in [1.82, 2.24) is 4.98 Å². The number of nitrogens with one attached hydrogen (secondary N) is 1. The van der Waals surface area contributed by atoms with Crippen molar-refractivity contribution in [2.24, 2.45) is 0 Å². The number of aryl methyl sites for hydroxylation is 1. The van der Waals surface area contributed by atoms with E-state index in [0.29, 0.717) is 11.2 Å². The van der Waals surface area contributed by atoms with E-state index in [1.165, 1.54) is 11.1 Å². The smallest absolute Gasteiger partial charge is 0.152 e. The van der Waals surface area contributed by atoms with E-state index in [4.69, 9.17) is 11.6 Å². The van der Waals surface area contributed by atoms with Gasteiger partial charge in [-0.05, 0) is 42.5 Å². The third kappa shape index (κ3) is 2.21. The molecule has 3 heteroatoms. The number of aromatic nitrogens is 1. The molecule has 1 aliphatic rings. The van der Waals surface area contributed by atoms with Crippen LogP contribution in [-0.4, -0.2) is 11.0 Å². The van der Waals surface area contributed by atoms with Crippen molar-refractivity contribution in [3.05, 3.63) is 58.4 Å². The van der Waals surface area contributed by atoms with Crippen LogP contribution in [0.3, 0.4) is 0 Å². The topological polar surface area (TPSA) is 24.9 Å². The summed E-state index contributed by atoms with van der Waals surface area (Å²) in [5, 5.41) is 4.05. The van der Waals surface area contributed by atoms with Gasteiger partial charge in [0.1, 0.15) is 0 Å². The number of anilines is 1. The van der Waals surface area contributed by atoms with E-state index in [0.717, 1.165) is 24.1 Å². The molecule has 3 rings (SSSR count). The van der Waals surface area contributed by atoms with E-state index >= 15 is 0 Å². The SMILES string of the molecule is Cc1cnc(Cl)c(NC2Cc3ccccc3C2)c1. The fourth-order valence-electron chi connectivity index (χ4n) is 2.53. The Morgan fingerprint density at radius 1 is 1.22 bits per heavy atom.